The van der Waals surface area contributed by atoms with Gasteiger partial charge in [-0.2, -0.15) is 5.10 Å². The van der Waals surface area contributed by atoms with E-state index in [1.807, 2.05) is 30.6 Å². The lowest BCUT2D eigenvalue weighted by atomic mass is 10.00. The summed E-state index contributed by atoms with van der Waals surface area (Å²) in [6.07, 6.45) is 7.40. The minimum absolute atomic E-state index is 0.0590. The Kier molecular flexibility index (Phi) is 3.25. The highest BCUT2D eigenvalue weighted by Crippen LogP contribution is 2.32. The van der Waals surface area contributed by atoms with Crippen molar-refractivity contribution < 1.29 is 4.79 Å². The maximum Gasteiger partial charge on any atom is 0.228 e. The van der Waals surface area contributed by atoms with E-state index >= 15 is 0 Å². The number of hydrogen-bond donors (Lipinski definition) is 2. The number of pyridine rings is 2. The van der Waals surface area contributed by atoms with Crippen molar-refractivity contribution >= 4 is 33.4 Å². The number of hydrogen-bond acceptors (Lipinski definition) is 4. The smallest absolute Gasteiger partial charge is 0.228 e. The molecule has 1 amide bonds. The SMILES string of the molecule is Cc1ccc2[nH]ncc2c1-c1cc2cnc(NC(=O)C3CC3)cc2cn1. The number of amides is 1. The van der Waals surface area contributed by atoms with E-state index < -0.39 is 0 Å². The zero-order valence-corrected chi connectivity index (χ0v) is 14.3. The highest BCUT2D eigenvalue weighted by atomic mass is 16.2. The molecule has 1 aromatic carbocycles. The van der Waals surface area contributed by atoms with Crippen molar-refractivity contribution in [1.82, 2.24) is 20.2 Å². The summed E-state index contributed by atoms with van der Waals surface area (Å²) in [5.41, 5.74) is 4.10. The van der Waals surface area contributed by atoms with Gasteiger partial charge in [0.15, 0.2) is 0 Å². The number of nitrogens with one attached hydrogen (secondary N) is 2. The molecule has 0 saturated heterocycles. The van der Waals surface area contributed by atoms with E-state index in [2.05, 4.69) is 38.5 Å². The molecule has 3 aromatic heterocycles. The van der Waals surface area contributed by atoms with Crippen molar-refractivity contribution in [1.29, 1.82) is 0 Å². The van der Waals surface area contributed by atoms with E-state index in [4.69, 9.17) is 0 Å². The van der Waals surface area contributed by atoms with E-state index in [1.54, 1.807) is 6.20 Å². The maximum absolute atomic E-state index is 11.9. The minimum Gasteiger partial charge on any atom is -0.310 e. The Morgan fingerprint density at radius 3 is 2.77 bits per heavy atom. The molecule has 26 heavy (non-hydrogen) atoms. The Morgan fingerprint density at radius 2 is 1.92 bits per heavy atom. The number of carbonyl (C=O) groups is 1. The van der Waals surface area contributed by atoms with E-state index in [1.165, 1.54) is 0 Å². The Bertz CT molecular complexity index is 1160. The predicted molar refractivity (Wildman–Crippen MR) is 101 cm³/mol. The van der Waals surface area contributed by atoms with E-state index in [0.29, 0.717) is 5.82 Å². The molecule has 0 unspecified atom stereocenters. The minimum atomic E-state index is 0.0590. The highest BCUT2D eigenvalue weighted by Gasteiger charge is 2.29. The average Bonchev–Trinajstić information content (AvgIpc) is 3.40. The van der Waals surface area contributed by atoms with Gasteiger partial charge in [-0.3, -0.25) is 14.9 Å². The lowest BCUT2D eigenvalue weighted by Crippen LogP contribution is -2.14. The van der Waals surface area contributed by atoms with Gasteiger partial charge in [0.2, 0.25) is 5.91 Å². The lowest BCUT2D eigenvalue weighted by Gasteiger charge is -2.09. The first kappa shape index (κ1) is 15.0. The van der Waals surface area contributed by atoms with E-state index in [0.717, 1.165) is 51.3 Å². The molecule has 128 valence electrons. The molecule has 2 N–H and O–H groups in total. The standard InChI is InChI=1S/C20H17N5O/c1-11-2-5-16-15(10-23-25-16)19(11)17-6-13-9-22-18(7-14(13)8-21-17)24-20(26)12-3-4-12/h2,5-10,12H,3-4H2,1H3,(H,23,25)(H,22,24,26). The van der Waals surface area contributed by atoms with Gasteiger partial charge >= 0.3 is 0 Å². The molecule has 5 rings (SSSR count). The van der Waals surface area contributed by atoms with E-state index in [9.17, 15) is 4.79 Å². The number of anilines is 1. The molecule has 1 saturated carbocycles. The van der Waals surface area contributed by atoms with Gasteiger partial charge in [-0.1, -0.05) is 6.07 Å². The van der Waals surface area contributed by atoms with Gasteiger partial charge in [0.05, 0.1) is 17.4 Å². The Balaban J connectivity index is 1.56. The topological polar surface area (TPSA) is 83.6 Å². The zero-order valence-electron chi connectivity index (χ0n) is 14.3. The van der Waals surface area contributed by atoms with Gasteiger partial charge in [0.25, 0.3) is 0 Å². The second kappa shape index (κ2) is 5.62. The Hall–Kier alpha value is -3.28. The maximum atomic E-state index is 11.9. The fourth-order valence-electron chi connectivity index (χ4n) is 3.28. The third kappa shape index (κ3) is 2.50. The summed E-state index contributed by atoms with van der Waals surface area (Å²) in [6.45, 7) is 2.07. The third-order valence-corrected chi connectivity index (χ3v) is 4.89. The summed E-state index contributed by atoms with van der Waals surface area (Å²) in [7, 11) is 0. The number of fused-ring (bicyclic) bond motifs is 2. The van der Waals surface area contributed by atoms with E-state index in [-0.39, 0.29) is 11.8 Å². The number of aryl methyl sites for hydroxylation is 1. The number of benzene rings is 1. The fourth-order valence-corrected chi connectivity index (χ4v) is 3.28. The summed E-state index contributed by atoms with van der Waals surface area (Å²) in [5, 5.41) is 13.0. The van der Waals surface area contributed by atoms with Crippen LogP contribution in [0.1, 0.15) is 18.4 Å². The molecule has 1 aliphatic rings. The van der Waals surface area contributed by atoms with Crippen molar-refractivity contribution in [2.45, 2.75) is 19.8 Å². The van der Waals surface area contributed by atoms with Crippen LogP contribution in [0, 0.1) is 12.8 Å². The van der Waals surface area contributed by atoms with Crippen LogP contribution in [0.25, 0.3) is 32.9 Å². The highest BCUT2D eigenvalue weighted by molar-refractivity contribution is 5.98. The molecule has 0 radical (unpaired) electrons. The molecule has 4 aromatic rings. The van der Waals surface area contributed by atoms with Gasteiger partial charge in [-0.15, -0.1) is 0 Å². The normalized spacial score (nSPS) is 14.0. The van der Waals surface area contributed by atoms with Crippen LogP contribution >= 0.6 is 0 Å². The quantitative estimate of drug-likeness (QED) is 0.592. The molecule has 0 bridgehead atoms. The molecule has 0 spiro atoms. The van der Waals surface area contributed by atoms with Crippen LogP contribution in [-0.4, -0.2) is 26.1 Å². The third-order valence-electron chi connectivity index (χ3n) is 4.89. The molecule has 3 heterocycles. The van der Waals surface area contributed by atoms with Crippen molar-refractivity contribution in [3.8, 4) is 11.3 Å². The van der Waals surface area contributed by atoms with Gasteiger partial charge in [-0.25, -0.2) is 4.98 Å². The van der Waals surface area contributed by atoms with Crippen molar-refractivity contribution in [3.05, 3.63) is 48.4 Å². The molecular formula is C20H17N5O. The number of H-pyrrole nitrogens is 1. The second-order valence-electron chi connectivity index (χ2n) is 6.84. The zero-order chi connectivity index (χ0) is 17.7. The summed E-state index contributed by atoms with van der Waals surface area (Å²) in [4.78, 5) is 21.0. The Morgan fingerprint density at radius 1 is 1.12 bits per heavy atom. The largest absolute Gasteiger partial charge is 0.310 e. The van der Waals surface area contributed by atoms with Gasteiger partial charge in [0.1, 0.15) is 5.82 Å². The van der Waals surface area contributed by atoms with Crippen LogP contribution in [-0.2, 0) is 4.79 Å². The van der Waals surface area contributed by atoms with Crippen LogP contribution in [0.4, 0.5) is 5.82 Å². The van der Waals surface area contributed by atoms with Gasteiger partial charge in [-0.05, 0) is 43.5 Å². The number of nitrogens with zero attached hydrogens (tertiary/aromatic N) is 3. The first-order chi connectivity index (χ1) is 12.7. The van der Waals surface area contributed by atoms with Crippen LogP contribution in [0.3, 0.4) is 0 Å². The molecule has 0 atom stereocenters. The average molecular weight is 343 g/mol. The first-order valence-corrected chi connectivity index (χ1v) is 8.69. The van der Waals surface area contributed by atoms with Crippen molar-refractivity contribution in [2.24, 2.45) is 5.92 Å². The monoisotopic (exact) mass is 343 g/mol. The summed E-state index contributed by atoms with van der Waals surface area (Å²) >= 11 is 0. The van der Waals surface area contributed by atoms with Crippen LogP contribution in [0.2, 0.25) is 0 Å². The van der Waals surface area contributed by atoms with Crippen LogP contribution in [0.5, 0.6) is 0 Å². The molecule has 6 heteroatoms. The van der Waals surface area contributed by atoms with Crippen molar-refractivity contribution in [3.63, 3.8) is 0 Å². The number of rotatable bonds is 3. The lowest BCUT2D eigenvalue weighted by molar-refractivity contribution is -0.117. The summed E-state index contributed by atoms with van der Waals surface area (Å²) in [6, 6.07) is 8.00. The van der Waals surface area contributed by atoms with Gasteiger partial charge < -0.3 is 5.32 Å². The molecule has 1 fully saturated rings. The summed E-state index contributed by atoms with van der Waals surface area (Å²) in [5.74, 6) is 0.798. The predicted octanol–water partition coefficient (Wildman–Crippen LogP) is 3.83. The summed E-state index contributed by atoms with van der Waals surface area (Å²) < 4.78 is 0. The number of aromatic nitrogens is 4. The fraction of sp³-hybridized carbons (Fsp3) is 0.200. The van der Waals surface area contributed by atoms with Gasteiger partial charge in [0, 0.05) is 40.0 Å². The first-order valence-electron chi connectivity index (χ1n) is 8.69. The number of carbonyl (C=O) groups excluding carboxylic acids is 1. The number of aromatic amines is 1. The molecule has 1 aliphatic carbocycles. The molecule has 0 aliphatic heterocycles. The van der Waals surface area contributed by atoms with Crippen molar-refractivity contribution in [2.75, 3.05) is 5.32 Å². The second-order valence-corrected chi connectivity index (χ2v) is 6.84. The molecule has 6 nitrogen and oxygen atoms in total. The van der Waals surface area contributed by atoms with Crippen LogP contribution in [0.15, 0.2) is 42.9 Å². The van der Waals surface area contributed by atoms with Crippen LogP contribution < -0.4 is 5.32 Å². The Labute approximate surface area is 149 Å². The molecular weight excluding hydrogens is 326 g/mol.